The molecule has 1 N–H and O–H groups in total. The molecule has 0 atom stereocenters. The summed E-state index contributed by atoms with van der Waals surface area (Å²) in [5.74, 6) is -1.30. The lowest BCUT2D eigenvalue weighted by atomic mass is 10.1. The number of rotatable bonds is 6. The Balaban J connectivity index is 1.77. The zero-order valence-corrected chi connectivity index (χ0v) is 16.8. The fraction of sp³-hybridized carbons (Fsp3) is 0.300. The van der Waals surface area contributed by atoms with Gasteiger partial charge in [-0.05, 0) is 30.3 Å². The number of hydrogen-bond donors (Lipinski definition) is 1. The average molecular weight is 418 g/mol. The lowest BCUT2D eigenvalue weighted by Gasteiger charge is -2.27. The van der Waals surface area contributed by atoms with Crippen molar-refractivity contribution in [2.45, 2.75) is 4.90 Å². The van der Waals surface area contributed by atoms with Gasteiger partial charge in [0.15, 0.2) is 9.84 Å². The zero-order chi connectivity index (χ0) is 20.9. The van der Waals surface area contributed by atoms with Crippen LogP contribution in [0, 0.1) is 0 Å². The Bertz CT molecular complexity index is 985. The lowest BCUT2D eigenvalue weighted by Crippen LogP contribution is -2.40. The fourth-order valence-corrected chi connectivity index (χ4v) is 4.11. The van der Waals surface area contributed by atoms with E-state index in [0.29, 0.717) is 37.6 Å². The smallest absolute Gasteiger partial charge is 0.254 e. The van der Waals surface area contributed by atoms with Crippen LogP contribution in [0.4, 0.5) is 5.69 Å². The molecule has 0 aromatic heterocycles. The van der Waals surface area contributed by atoms with Crippen LogP contribution in [-0.4, -0.2) is 64.3 Å². The van der Waals surface area contributed by atoms with Crippen LogP contribution in [0.5, 0.6) is 5.75 Å². The number of carbonyl (C=O) groups excluding carboxylic acids is 2. The molecule has 154 valence electrons. The van der Waals surface area contributed by atoms with Crippen molar-refractivity contribution in [1.82, 2.24) is 4.90 Å². The van der Waals surface area contributed by atoms with Crippen molar-refractivity contribution in [3.05, 3.63) is 54.1 Å². The number of benzene rings is 2. The SMILES string of the molecule is COc1ccc(C(=O)N2CCOCC2)cc1NC(=O)CS(=O)(=O)c1ccccc1. The standard InChI is InChI=1S/C20H22N2O6S/c1-27-18-8-7-15(20(24)22-9-11-28-12-10-22)13-17(18)21-19(23)14-29(25,26)16-5-3-2-4-6-16/h2-8,13H,9-12,14H2,1H3,(H,21,23). The molecule has 1 aliphatic heterocycles. The van der Waals surface area contributed by atoms with Crippen LogP contribution in [0.3, 0.4) is 0 Å². The summed E-state index contributed by atoms with van der Waals surface area (Å²) in [5, 5.41) is 2.55. The second kappa shape index (κ2) is 9.06. The highest BCUT2D eigenvalue weighted by Crippen LogP contribution is 2.26. The molecule has 2 amide bonds. The lowest BCUT2D eigenvalue weighted by molar-refractivity contribution is -0.113. The van der Waals surface area contributed by atoms with Crippen molar-refractivity contribution >= 4 is 27.3 Å². The number of methoxy groups -OCH3 is 1. The molecule has 2 aromatic carbocycles. The molecule has 3 rings (SSSR count). The number of carbonyl (C=O) groups is 2. The van der Waals surface area contributed by atoms with Gasteiger partial charge in [0.2, 0.25) is 5.91 Å². The van der Waals surface area contributed by atoms with Crippen molar-refractivity contribution in [3.63, 3.8) is 0 Å². The van der Waals surface area contributed by atoms with Gasteiger partial charge in [0.05, 0.1) is 30.9 Å². The summed E-state index contributed by atoms with van der Waals surface area (Å²) in [5.41, 5.74) is 0.605. The molecule has 8 nitrogen and oxygen atoms in total. The fourth-order valence-electron chi connectivity index (χ4n) is 2.96. The largest absolute Gasteiger partial charge is 0.495 e. The first-order valence-electron chi connectivity index (χ1n) is 9.03. The number of morpholine rings is 1. The highest BCUT2D eigenvalue weighted by Gasteiger charge is 2.22. The van der Waals surface area contributed by atoms with Crippen LogP contribution in [-0.2, 0) is 19.4 Å². The van der Waals surface area contributed by atoms with E-state index in [1.54, 1.807) is 35.2 Å². The summed E-state index contributed by atoms with van der Waals surface area (Å²) >= 11 is 0. The minimum absolute atomic E-state index is 0.0679. The molecular formula is C20H22N2O6S. The monoisotopic (exact) mass is 418 g/mol. The minimum atomic E-state index is -3.78. The maximum atomic E-state index is 12.7. The summed E-state index contributed by atoms with van der Waals surface area (Å²) in [6.07, 6.45) is 0. The Morgan fingerprint density at radius 1 is 1.10 bits per heavy atom. The highest BCUT2D eigenvalue weighted by atomic mass is 32.2. The van der Waals surface area contributed by atoms with E-state index < -0.39 is 21.5 Å². The summed E-state index contributed by atoms with van der Waals surface area (Å²) in [6.45, 7) is 1.93. The van der Waals surface area contributed by atoms with Crippen LogP contribution >= 0.6 is 0 Å². The summed E-state index contributed by atoms with van der Waals surface area (Å²) in [7, 11) is -2.36. The van der Waals surface area contributed by atoms with E-state index in [1.165, 1.54) is 25.3 Å². The van der Waals surface area contributed by atoms with Gasteiger partial charge in [-0.2, -0.15) is 0 Å². The molecule has 0 saturated carbocycles. The first kappa shape index (κ1) is 20.8. The Morgan fingerprint density at radius 2 is 1.79 bits per heavy atom. The number of amides is 2. The van der Waals surface area contributed by atoms with Gasteiger partial charge in [0.25, 0.3) is 5.91 Å². The first-order valence-corrected chi connectivity index (χ1v) is 10.7. The molecule has 0 bridgehead atoms. The number of nitrogens with one attached hydrogen (secondary N) is 1. The number of sulfone groups is 1. The molecule has 0 radical (unpaired) electrons. The van der Waals surface area contributed by atoms with Gasteiger partial charge in [-0.25, -0.2) is 8.42 Å². The number of ether oxygens (including phenoxy) is 2. The highest BCUT2D eigenvalue weighted by molar-refractivity contribution is 7.92. The molecular weight excluding hydrogens is 396 g/mol. The predicted molar refractivity (Wildman–Crippen MR) is 107 cm³/mol. The average Bonchev–Trinajstić information content (AvgIpc) is 2.74. The normalized spacial score (nSPS) is 14.3. The van der Waals surface area contributed by atoms with E-state index in [2.05, 4.69) is 5.32 Å². The van der Waals surface area contributed by atoms with Gasteiger partial charge >= 0.3 is 0 Å². The Labute approximate surface area is 169 Å². The molecule has 1 fully saturated rings. The molecule has 2 aromatic rings. The number of anilines is 1. The van der Waals surface area contributed by atoms with Gasteiger partial charge in [0, 0.05) is 18.7 Å². The summed E-state index contributed by atoms with van der Waals surface area (Å²) < 4.78 is 35.3. The third-order valence-corrected chi connectivity index (χ3v) is 6.07. The molecule has 0 aliphatic carbocycles. The van der Waals surface area contributed by atoms with Crippen LogP contribution in [0.15, 0.2) is 53.4 Å². The van der Waals surface area contributed by atoms with E-state index in [1.807, 2.05) is 0 Å². The number of nitrogens with zero attached hydrogens (tertiary/aromatic N) is 1. The summed E-state index contributed by atoms with van der Waals surface area (Å²) in [6, 6.07) is 12.4. The number of hydrogen-bond acceptors (Lipinski definition) is 6. The van der Waals surface area contributed by atoms with Crippen molar-refractivity contribution < 1.29 is 27.5 Å². The van der Waals surface area contributed by atoms with Crippen LogP contribution in [0.2, 0.25) is 0 Å². The molecule has 0 spiro atoms. The molecule has 1 saturated heterocycles. The maximum Gasteiger partial charge on any atom is 0.254 e. The molecule has 1 heterocycles. The predicted octanol–water partition coefficient (Wildman–Crippen LogP) is 1.58. The van der Waals surface area contributed by atoms with Crippen molar-refractivity contribution in [1.29, 1.82) is 0 Å². The third kappa shape index (κ3) is 5.12. The van der Waals surface area contributed by atoms with Gasteiger partial charge in [-0.15, -0.1) is 0 Å². The maximum absolute atomic E-state index is 12.7. The van der Waals surface area contributed by atoms with E-state index >= 15 is 0 Å². The van der Waals surface area contributed by atoms with E-state index in [-0.39, 0.29) is 16.5 Å². The van der Waals surface area contributed by atoms with Crippen molar-refractivity contribution in [3.8, 4) is 5.75 Å². The van der Waals surface area contributed by atoms with Crippen LogP contribution in [0.1, 0.15) is 10.4 Å². The Hall–Kier alpha value is -2.91. The Morgan fingerprint density at radius 3 is 2.45 bits per heavy atom. The summed E-state index contributed by atoms with van der Waals surface area (Å²) in [4.78, 5) is 26.8. The van der Waals surface area contributed by atoms with E-state index in [9.17, 15) is 18.0 Å². The second-order valence-corrected chi connectivity index (χ2v) is 8.43. The third-order valence-electron chi connectivity index (χ3n) is 4.44. The Kier molecular flexibility index (Phi) is 6.50. The first-order chi connectivity index (χ1) is 13.9. The molecule has 29 heavy (non-hydrogen) atoms. The van der Waals surface area contributed by atoms with Crippen LogP contribution in [0.25, 0.3) is 0 Å². The topological polar surface area (TPSA) is 102 Å². The van der Waals surface area contributed by atoms with Gasteiger partial charge in [-0.3, -0.25) is 9.59 Å². The van der Waals surface area contributed by atoms with Gasteiger partial charge in [-0.1, -0.05) is 18.2 Å². The van der Waals surface area contributed by atoms with Crippen molar-refractivity contribution in [2.24, 2.45) is 0 Å². The van der Waals surface area contributed by atoms with Gasteiger partial charge in [0.1, 0.15) is 11.5 Å². The van der Waals surface area contributed by atoms with Crippen molar-refractivity contribution in [2.75, 3.05) is 44.5 Å². The quantitative estimate of drug-likeness (QED) is 0.764. The second-order valence-electron chi connectivity index (χ2n) is 6.44. The van der Waals surface area contributed by atoms with Crippen LogP contribution < -0.4 is 10.1 Å². The van der Waals surface area contributed by atoms with E-state index in [0.717, 1.165) is 0 Å². The minimum Gasteiger partial charge on any atom is -0.495 e. The molecule has 0 unspecified atom stereocenters. The molecule has 9 heteroatoms. The van der Waals surface area contributed by atoms with Gasteiger partial charge < -0.3 is 19.7 Å². The van der Waals surface area contributed by atoms with E-state index in [4.69, 9.17) is 9.47 Å². The zero-order valence-electron chi connectivity index (χ0n) is 16.0. The molecule has 1 aliphatic rings.